The zero-order valence-corrected chi connectivity index (χ0v) is 29.1. The molecule has 272 valence electrons. The number of aromatic nitrogens is 2. The first-order valence-corrected chi connectivity index (χ1v) is 17.0. The quantitative estimate of drug-likeness (QED) is 0.0886. The third-order valence-corrected chi connectivity index (χ3v) is 8.54. The van der Waals surface area contributed by atoms with E-state index in [4.69, 9.17) is 4.74 Å². The van der Waals surface area contributed by atoms with Crippen LogP contribution in [0.4, 0.5) is 0 Å². The molecule has 4 aromatic carbocycles. The predicted molar refractivity (Wildman–Crippen MR) is 199 cm³/mol. The number of H-pyrrole nitrogens is 1. The lowest BCUT2D eigenvalue weighted by atomic mass is 10.0. The highest BCUT2D eigenvalue weighted by atomic mass is 16.5. The van der Waals surface area contributed by atoms with Crippen molar-refractivity contribution in [3.8, 4) is 11.5 Å². The van der Waals surface area contributed by atoms with Gasteiger partial charge in [0.05, 0.1) is 6.33 Å². The fraction of sp³-hybridized carbons (Fsp3) is 0.195. The van der Waals surface area contributed by atoms with Gasteiger partial charge in [-0.25, -0.2) is 9.78 Å². The van der Waals surface area contributed by atoms with Gasteiger partial charge in [-0.15, -0.1) is 0 Å². The number of nitrogens with one attached hydrogen (secondary N) is 3. The van der Waals surface area contributed by atoms with Crippen molar-refractivity contribution < 1.29 is 34.1 Å². The molecular weight excluding hydrogens is 674 g/mol. The molecule has 0 aliphatic rings. The fourth-order valence-electron chi connectivity index (χ4n) is 5.66. The van der Waals surface area contributed by atoms with E-state index in [0.29, 0.717) is 29.2 Å². The number of carboxylic acid groups (broad SMARTS) is 1. The average molecular weight is 716 g/mol. The van der Waals surface area contributed by atoms with Gasteiger partial charge in [-0.05, 0) is 41.0 Å². The second kappa shape index (κ2) is 18.5. The van der Waals surface area contributed by atoms with Gasteiger partial charge in [0, 0.05) is 49.8 Å². The van der Waals surface area contributed by atoms with Crippen molar-refractivity contribution in [3.63, 3.8) is 0 Å². The number of phenolic OH excluding ortho intramolecular Hbond substituents is 1. The molecule has 0 bridgehead atoms. The molecule has 5 aromatic rings. The number of likely N-dealkylation sites (N-methyl/N-ethyl adjacent to an activating group) is 1. The summed E-state index contributed by atoms with van der Waals surface area (Å²) in [5.74, 6) is -2.48. The van der Waals surface area contributed by atoms with Crippen molar-refractivity contribution in [2.75, 3.05) is 7.05 Å². The van der Waals surface area contributed by atoms with Crippen molar-refractivity contribution in [2.24, 2.45) is 0 Å². The molecule has 5 N–H and O–H groups in total. The average Bonchev–Trinajstić information content (AvgIpc) is 3.69. The van der Waals surface area contributed by atoms with Crippen molar-refractivity contribution in [2.45, 2.75) is 44.0 Å². The Balaban J connectivity index is 1.34. The van der Waals surface area contributed by atoms with Crippen LogP contribution in [0.3, 0.4) is 0 Å². The molecule has 0 saturated heterocycles. The molecular formula is C41H41N5O7. The Hall–Kier alpha value is -6.69. The maximum absolute atomic E-state index is 14.2. The maximum Gasteiger partial charge on any atom is 0.326 e. The number of ether oxygens (including phenoxy) is 1. The van der Waals surface area contributed by atoms with Crippen LogP contribution in [0.25, 0.3) is 6.08 Å². The number of rotatable bonds is 17. The van der Waals surface area contributed by atoms with E-state index in [1.807, 2.05) is 54.6 Å². The van der Waals surface area contributed by atoms with E-state index in [-0.39, 0.29) is 25.0 Å². The van der Waals surface area contributed by atoms with E-state index < -0.39 is 41.8 Å². The Labute approximate surface area is 307 Å². The number of para-hydroxylation sites is 1. The second-order valence-corrected chi connectivity index (χ2v) is 12.4. The van der Waals surface area contributed by atoms with Crippen LogP contribution in [-0.2, 0) is 45.0 Å². The van der Waals surface area contributed by atoms with Crippen molar-refractivity contribution in [3.05, 3.63) is 156 Å². The van der Waals surface area contributed by atoms with Crippen LogP contribution in [-0.4, -0.2) is 73.9 Å². The summed E-state index contributed by atoms with van der Waals surface area (Å²) in [6.07, 6.45) is 5.97. The Morgan fingerprint density at radius 2 is 1.43 bits per heavy atom. The fourth-order valence-corrected chi connectivity index (χ4v) is 5.66. The molecule has 0 saturated carbocycles. The van der Waals surface area contributed by atoms with Crippen LogP contribution in [0.5, 0.6) is 11.5 Å². The zero-order chi connectivity index (χ0) is 37.6. The van der Waals surface area contributed by atoms with Gasteiger partial charge in [0.25, 0.3) is 0 Å². The summed E-state index contributed by atoms with van der Waals surface area (Å²) in [6.45, 7) is 0.340. The van der Waals surface area contributed by atoms with Crippen LogP contribution >= 0.6 is 0 Å². The highest BCUT2D eigenvalue weighted by Gasteiger charge is 2.34. The van der Waals surface area contributed by atoms with Gasteiger partial charge in [0.15, 0.2) is 0 Å². The predicted octanol–water partition coefficient (Wildman–Crippen LogP) is 4.32. The number of nitrogens with zero attached hydrogens (tertiary/aromatic N) is 2. The van der Waals surface area contributed by atoms with Gasteiger partial charge >= 0.3 is 5.97 Å². The minimum Gasteiger partial charge on any atom is -0.508 e. The van der Waals surface area contributed by atoms with E-state index >= 15 is 0 Å². The van der Waals surface area contributed by atoms with Crippen LogP contribution in [0, 0.1) is 0 Å². The van der Waals surface area contributed by atoms with Crippen molar-refractivity contribution in [1.29, 1.82) is 0 Å². The Morgan fingerprint density at radius 3 is 2.09 bits per heavy atom. The number of carbonyl (C=O) groups is 4. The number of imidazole rings is 1. The summed E-state index contributed by atoms with van der Waals surface area (Å²) in [5, 5.41) is 25.0. The molecule has 0 spiro atoms. The van der Waals surface area contributed by atoms with E-state index in [9.17, 15) is 29.4 Å². The molecule has 0 aliphatic heterocycles. The summed E-state index contributed by atoms with van der Waals surface area (Å²) in [4.78, 5) is 62.0. The van der Waals surface area contributed by atoms with Crippen LogP contribution in [0.15, 0.2) is 128 Å². The molecule has 53 heavy (non-hydrogen) atoms. The van der Waals surface area contributed by atoms with Gasteiger partial charge < -0.3 is 35.5 Å². The van der Waals surface area contributed by atoms with E-state index in [1.165, 1.54) is 42.7 Å². The van der Waals surface area contributed by atoms with Gasteiger partial charge in [-0.2, -0.15) is 0 Å². The Morgan fingerprint density at radius 1 is 0.792 bits per heavy atom. The number of aromatic hydroxyl groups is 1. The minimum absolute atomic E-state index is 0.0256. The van der Waals surface area contributed by atoms with E-state index in [0.717, 1.165) is 11.1 Å². The lowest BCUT2D eigenvalue weighted by Gasteiger charge is -2.31. The van der Waals surface area contributed by atoms with Gasteiger partial charge in [0.2, 0.25) is 17.7 Å². The number of carbonyl (C=O) groups excluding carboxylic acids is 3. The smallest absolute Gasteiger partial charge is 0.326 e. The normalized spacial score (nSPS) is 12.7. The monoisotopic (exact) mass is 715 g/mol. The van der Waals surface area contributed by atoms with Crippen LogP contribution < -0.4 is 15.4 Å². The first-order valence-electron chi connectivity index (χ1n) is 17.0. The molecule has 12 heteroatoms. The number of carboxylic acids is 1. The summed E-state index contributed by atoms with van der Waals surface area (Å²) in [5.41, 5.74) is 3.54. The second-order valence-electron chi connectivity index (χ2n) is 12.4. The lowest BCUT2D eigenvalue weighted by Crippen LogP contribution is -2.57. The number of amides is 3. The number of phenols is 1. The van der Waals surface area contributed by atoms with Crippen molar-refractivity contribution in [1.82, 2.24) is 25.5 Å². The molecule has 3 atom stereocenters. The third kappa shape index (κ3) is 11.1. The molecule has 3 amide bonds. The highest BCUT2D eigenvalue weighted by molar-refractivity contribution is 5.97. The van der Waals surface area contributed by atoms with Gasteiger partial charge in [-0.1, -0.05) is 91.0 Å². The molecule has 0 unspecified atom stereocenters. The highest BCUT2D eigenvalue weighted by Crippen LogP contribution is 2.21. The van der Waals surface area contributed by atoms with Gasteiger partial charge in [0.1, 0.15) is 36.2 Å². The summed E-state index contributed by atoms with van der Waals surface area (Å²) in [7, 11) is 1.45. The van der Waals surface area contributed by atoms with Crippen molar-refractivity contribution >= 4 is 29.8 Å². The largest absolute Gasteiger partial charge is 0.508 e. The zero-order valence-electron chi connectivity index (χ0n) is 29.1. The van der Waals surface area contributed by atoms with E-state index in [2.05, 4.69) is 20.6 Å². The molecule has 1 aromatic heterocycles. The molecule has 5 rings (SSSR count). The van der Waals surface area contributed by atoms with Gasteiger partial charge in [-0.3, -0.25) is 14.4 Å². The molecule has 12 nitrogen and oxygen atoms in total. The van der Waals surface area contributed by atoms with E-state index in [1.54, 1.807) is 48.5 Å². The first-order chi connectivity index (χ1) is 25.7. The molecule has 0 aliphatic carbocycles. The molecule has 0 radical (unpaired) electrons. The standard InChI is InChI=1S/C41H41N5O7/c1-46(36(23-28-10-4-2-5-11-28)39(49)45-35(41(51)52)22-29-16-19-33(47)20-17-29)40(50)34(24-32-25-42-27-43-32)44-38(48)21-18-31-14-8-9-15-37(31)53-26-30-12-6-3-7-13-30/h2-21,25,27,34-36,47H,22-24,26H2,1H3,(H,42,43)(H,44,48)(H,45,49)(H,51,52)/b21-18+/t34-,35+,36+/m1/s1. The Kier molecular flexibility index (Phi) is 13.1. The topological polar surface area (TPSA) is 174 Å². The van der Waals surface area contributed by atoms with Crippen LogP contribution in [0.1, 0.15) is 27.9 Å². The lowest BCUT2D eigenvalue weighted by molar-refractivity contribution is -0.145. The number of benzene rings is 4. The van der Waals surface area contributed by atoms with Crippen LogP contribution in [0.2, 0.25) is 0 Å². The number of aromatic amines is 1. The summed E-state index contributed by atoms with van der Waals surface area (Å²) >= 11 is 0. The Bertz CT molecular complexity index is 1980. The summed E-state index contributed by atoms with van der Waals surface area (Å²) < 4.78 is 6.01. The summed E-state index contributed by atoms with van der Waals surface area (Å²) in [6, 6.07) is 28.4. The number of aliphatic carboxylic acids is 1. The number of hydrogen-bond donors (Lipinski definition) is 5. The third-order valence-electron chi connectivity index (χ3n) is 8.54. The molecule has 1 heterocycles. The molecule has 0 fully saturated rings. The number of hydrogen-bond acceptors (Lipinski definition) is 7. The first kappa shape index (κ1) is 37.6. The maximum atomic E-state index is 14.2. The minimum atomic E-state index is -1.32. The SMILES string of the molecule is CN(C(=O)[C@@H](Cc1cnc[nH]1)NC(=O)/C=C/c1ccccc1OCc1ccccc1)[C@@H](Cc1ccccc1)C(=O)N[C@@H](Cc1ccc(O)cc1)C(=O)O.